The Bertz CT molecular complexity index is 2450. The van der Waals surface area contributed by atoms with Crippen molar-refractivity contribution < 1.29 is 29.0 Å². The summed E-state index contributed by atoms with van der Waals surface area (Å²) in [6, 6.07) is 0. The van der Waals surface area contributed by atoms with Crippen LogP contribution in [0.15, 0.2) is 84.4 Å². The first-order valence-corrected chi connectivity index (χ1v) is 23.8. The van der Waals surface area contributed by atoms with Gasteiger partial charge in [-0.25, -0.2) is 9.98 Å². The maximum atomic E-state index is 14.3. The Hall–Kier alpha value is -4.35. The third kappa shape index (κ3) is 11.6. The molecule has 5 heterocycles. The van der Waals surface area contributed by atoms with Gasteiger partial charge in [0.1, 0.15) is 12.5 Å². The Morgan fingerprint density at radius 1 is 0.892 bits per heavy atom. The molecule has 0 aromatic carbocycles. The molecule has 8 bridgehead atoms. The molecule has 5 atom stereocenters. The fraction of sp³-hybridized carbons (Fsp3) is 0.556. The van der Waals surface area contributed by atoms with Gasteiger partial charge in [0.05, 0.1) is 29.9 Å². The topological polar surface area (TPSA) is 144 Å². The normalized spacial score (nSPS) is 21.8. The number of aliphatic imine (C=N–C) groups is 3. The number of nitrogens with zero attached hydrogens (tertiary/aromatic N) is 4. The first-order chi connectivity index (χ1) is 30.6. The number of fused-ring (bicyclic) bond motifs is 5. The predicted molar refractivity (Wildman–Crippen MR) is 261 cm³/mol. The van der Waals surface area contributed by atoms with Gasteiger partial charge in [-0.2, -0.15) is 0 Å². The molecule has 65 heavy (non-hydrogen) atoms. The number of methoxy groups -OCH3 is 1. The Labute approximate surface area is 403 Å². The second kappa shape index (κ2) is 22.9. The molecule has 1 aromatic heterocycles. The molecule has 344 valence electrons. The third-order valence-corrected chi connectivity index (χ3v) is 14.1. The van der Waals surface area contributed by atoms with Gasteiger partial charge in [0.25, 0.3) is 0 Å². The summed E-state index contributed by atoms with van der Waals surface area (Å²) >= 11 is 0. The van der Waals surface area contributed by atoms with Gasteiger partial charge in [-0.1, -0.05) is 104 Å². The molecular weight excluding hydrogens is 825 g/mol. The van der Waals surface area contributed by atoms with E-state index < -0.39 is 11.9 Å². The molecule has 1 aromatic rings. The zero-order valence-electron chi connectivity index (χ0n) is 41.0. The first kappa shape index (κ1) is 51.6. The van der Waals surface area contributed by atoms with Crippen molar-refractivity contribution in [1.82, 2.24) is 4.98 Å². The van der Waals surface area contributed by atoms with E-state index in [2.05, 4.69) is 41.5 Å². The number of hydrogen-bond acceptors (Lipinski definition) is 9. The summed E-state index contributed by atoms with van der Waals surface area (Å²) in [6.45, 7) is 21.5. The molecular formula is C54H70MgN4O6. The van der Waals surface area contributed by atoms with Crippen LogP contribution in [-0.4, -0.2) is 71.6 Å². The molecule has 3 unspecified atom stereocenters. The van der Waals surface area contributed by atoms with E-state index >= 15 is 0 Å². The van der Waals surface area contributed by atoms with Crippen LogP contribution in [0, 0.1) is 42.4 Å². The number of allylic oxidation sites excluding steroid dienone is 8. The van der Waals surface area contributed by atoms with E-state index in [1.54, 1.807) is 0 Å². The number of carbonyl (C=O) groups is 3. The van der Waals surface area contributed by atoms with Crippen molar-refractivity contribution in [3.63, 3.8) is 0 Å². The van der Waals surface area contributed by atoms with Crippen LogP contribution in [0.3, 0.4) is 0 Å². The fourth-order valence-corrected chi connectivity index (χ4v) is 9.97. The van der Waals surface area contributed by atoms with E-state index in [1.165, 1.54) is 57.6 Å². The van der Waals surface area contributed by atoms with Crippen molar-refractivity contribution in [2.24, 2.45) is 50.5 Å². The largest absolute Gasteiger partial charge is 2.00 e. The van der Waals surface area contributed by atoms with Gasteiger partial charge >= 0.3 is 35.0 Å². The van der Waals surface area contributed by atoms with Crippen LogP contribution in [-0.2, 0) is 19.1 Å². The molecule has 0 saturated heterocycles. The summed E-state index contributed by atoms with van der Waals surface area (Å²) < 4.78 is 11.0. The molecule has 0 spiro atoms. The Morgan fingerprint density at radius 2 is 1.57 bits per heavy atom. The molecule has 1 aliphatic carbocycles. The van der Waals surface area contributed by atoms with Gasteiger partial charge in [-0.05, 0) is 117 Å². The molecule has 11 heteroatoms. The summed E-state index contributed by atoms with van der Waals surface area (Å²) in [4.78, 5) is 61.4. The smallest absolute Gasteiger partial charge is 0.877 e. The van der Waals surface area contributed by atoms with Crippen LogP contribution in [0.5, 0.6) is 0 Å². The Balaban J connectivity index is 0.00000793. The predicted octanol–water partition coefficient (Wildman–Crippen LogP) is 8.84. The van der Waals surface area contributed by atoms with Gasteiger partial charge in [0, 0.05) is 35.2 Å². The number of Topliss-reactive ketones (excluding diaryl/α,β-unsaturated/α-hetero) is 1. The maximum absolute atomic E-state index is 14.3. The zero-order chi connectivity index (χ0) is 46.4. The van der Waals surface area contributed by atoms with Crippen molar-refractivity contribution in [3.8, 4) is 0 Å². The quantitative estimate of drug-likeness (QED) is 0.0444. The average molecular weight is 895 g/mol. The number of hydrogen-bond donors (Lipinski definition) is 0. The molecule has 10 nitrogen and oxygen atoms in total. The zero-order valence-corrected chi connectivity index (χ0v) is 42.4. The van der Waals surface area contributed by atoms with Crippen LogP contribution >= 0.6 is 0 Å². The van der Waals surface area contributed by atoms with Crippen molar-refractivity contribution in [1.29, 1.82) is 0 Å². The molecule has 6 rings (SSSR count). The maximum Gasteiger partial charge on any atom is 2.00 e. The van der Waals surface area contributed by atoms with E-state index in [-0.39, 0.29) is 59.7 Å². The molecule has 5 aliphatic rings. The minimum absolute atomic E-state index is 0. The minimum Gasteiger partial charge on any atom is -0.877 e. The summed E-state index contributed by atoms with van der Waals surface area (Å²) in [5.41, 5.74) is 9.57. The second-order valence-electron chi connectivity index (χ2n) is 19.3. The van der Waals surface area contributed by atoms with E-state index in [0.29, 0.717) is 85.8 Å². The van der Waals surface area contributed by atoms with E-state index in [0.717, 1.165) is 47.8 Å². The first-order valence-electron chi connectivity index (χ1n) is 23.8. The van der Waals surface area contributed by atoms with E-state index in [4.69, 9.17) is 29.4 Å². The van der Waals surface area contributed by atoms with Crippen molar-refractivity contribution in [2.75, 3.05) is 13.7 Å². The van der Waals surface area contributed by atoms with E-state index in [1.807, 2.05) is 52.0 Å². The summed E-state index contributed by atoms with van der Waals surface area (Å²) in [6.07, 6.45) is 20.8. The number of ketones is 1. The molecule has 0 saturated carbocycles. The van der Waals surface area contributed by atoms with Crippen LogP contribution < -0.4 is 20.8 Å². The number of aromatic nitrogens is 1. The second-order valence-corrected chi connectivity index (χ2v) is 19.3. The van der Waals surface area contributed by atoms with Gasteiger partial charge in [0.2, 0.25) is 0 Å². The van der Waals surface area contributed by atoms with Gasteiger partial charge in [-0.3, -0.25) is 19.4 Å². The SMILES string of the molecule is CCC1=C(C)C2=CC3=NC(=C(C)/C3=C\[O-])C=C3N=C(C4=c5[n-]c(c(C)c5C(=O)C4C(=O)OC)=CC1=N2)[C@@H](CCC(=O)OC/C=C(/C)CCCC(C)CCCC(C)CCCC(C)C)[C@@H]3C.[Mg+2]. The van der Waals surface area contributed by atoms with Crippen molar-refractivity contribution in [3.05, 3.63) is 91.3 Å². The van der Waals surface area contributed by atoms with Gasteiger partial charge in [-0.15, -0.1) is 17.0 Å². The molecule has 0 amide bonds. The Morgan fingerprint density at radius 3 is 2.22 bits per heavy atom. The van der Waals surface area contributed by atoms with Crippen molar-refractivity contribution in [2.45, 2.75) is 146 Å². The monoisotopic (exact) mass is 895 g/mol. The number of esters is 2. The van der Waals surface area contributed by atoms with Gasteiger partial charge < -0.3 is 19.6 Å². The number of carbonyl (C=O) groups excluding carboxylic acids is 3. The minimum atomic E-state index is -1.25. The summed E-state index contributed by atoms with van der Waals surface area (Å²) in [5, 5.41) is 13.5. The fourth-order valence-electron chi connectivity index (χ4n) is 9.97. The van der Waals surface area contributed by atoms with E-state index in [9.17, 15) is 19.5 Å². The summed E-state index contributed by atoms with van der Waals surface area (Å²) in [7, 11) is 1.28. The standard InChI is InChI=1S/C54H72N4O6.Mg/c1-12-38-34(7)42-27-46-40(29-59)36(9)41(56-46)26-43-35(8)39(51(57-43)49-50(54(62)63-11)53(61)48-37(10)44(58-52(48)49)28-45(38)55-42)22-23-47(60)64-25-24-33(6)21-15-20-32(5)19-14-18-31(4)17-13-16-30(2)3;/h24,26-32,35,39,50H,12-23,25H2,1-11H3,(H2,55,56,57,58,59,61);/q;+2/p-2/b33-24-;/t31?,32?,35-,39-,50?;/m0./s1. The Kier molecular flexibility index (Phi) is 18.2. The van der Waals surface area contributed by atoms with Crippen LogP contribution in [0.1, 0.15) is 155 Å². The summed E-state index contributed by atoms with van der Waals surface area (Å²) in [5.74, 6) is -0.961. The van der Waals surface area contributed by atoms with Crippen LogP contribution in [0.4, 0.5) is 0 Å². The van der Waals surface area contributed by atoms with Crippen molar-refractivity contribution >= 4 is 69.6 Å². The molecule has 0 fully saturated rings. The molecule has 0 radical (unpaired) electrons. The van der Waals surface area contributed by atoms with Crippen LogP contribution in [0.25, 0.3) is 11.6 Å². The molecule has 4 aliphatic heterocycles. The average Bonchev–Trinajstić information content (AvgIpc) is 3.99. The third-order valence-electron chi connectivity index (χ3n) is 14.1. The van der Waals surface area contributed by atoms with Crippen LogP contribution in [0.2, 0.25) is 0 Å². The van der Waals surface area contributed by atoms with Gasteiger partial charge in [0.15, 0.2) is 5.78 Å². The molecule has 0 N–H and O–H groups in total. The number of rotatable bonds is 19. The number of ether oxygens (including phenoxy) is 2.